The first-order valence-electron chi connectivity index (χ1n) is 17.0. The summed E-state index contributed by atoms with van der Waals surface area (Å²) < 4.78 is 4.26. The predicted molar refractivity (Wildman–Crippen MR) is 191 cm³/mol. The summed E-state index contributed by atoms with van der Waals surface area (Å²) in [6, 6.07) is 37.4. The van der Waals surface area contributed by atoms with Crippen LogP contribution in [0.4, 0.5) is 0 Å². The van der Waals surface area contributed by atoms with Gasteiger partial charge >= 0.3 is 272 Å². The minimum atomic E-state index is -2.97. The Morgan fingerprint density at radius 3 is 1.34 bits per heavy atom. The molecular formula is C42H48NbSi. The van der Waals surface area contributed by atoms with Crippen LogP contribution in [0.3, 0.4) is 0 Å². The molecule has 7 rings (SSSR count). The molecule has 2 unspecified atom stereocenters. The van der Waals surface area contributed by atoms with E-state index in [1.807, 2.05) is 0 Å². The van der Waals surface area contributed by atoms with Gasteiger partial charge in [0.15, 0.2) is 0 Å². The molecule has 3 aliphatic rings. The molecule has 0 saturated carbocycles. The van der Waals surface area contributed by atoms with Crippen molar-refractivity contribution in [2.24, 2.45) is 0 Å². The van der Waals surface area contributed by atoms with E-state index in [9.17, 15) is 0 Å². The zero-order valence-electron chi connectivity index (χ0n) is 27.6. The Balaban J connectivity index is 1.60. The van der Waals surface area contributed by atoms with Gasteiger partial charge in [0.05, 0.1) is 0 Å². The van der Waals surface area contributed by atoms with Crippen LogP contribution in [0.1, 0.15) is 83.9 Å². The fourth-order valence-corrected chi connectivity index (χ4v) is 31.2. The van der Waals surface area contributed by atoms with E-state index in [1.54, 1.807) is 43.8 Å². The van der Waals surface area contributed by atoms with Gasteiger partial charge in [0.25, 0.3) is 0 Å². The molecular weight excluding hydrogens is 625 g/mol. The van der Waals surface area contributed by atoms with Gasteiger partial charge in [-0.05, 0) is 0 Å². The van der Waals surface area contributed by atoms with Gasteiger partial charge in [0.1, 0.15) is 0 Å². The second-order valence-electron chi connectivity index (χ2n) is 14.1. The zero-order chi connectivity index (χ0) is 30.6. The normalized spacial score (nSPS) is 20.8. The summed E-state index contributed by atoms with van der Waals surface area (Å²) in [7, 11) is -2.14. The summed E-state index contributed by atoms with van der Waals surface area (Å²) in [4.78, 5) is 0. The number of rotatable bonds is 8. The summed E-state index contributed by atoms with van der Waals surface area (Å²) in [5, 5.41) is 3.54. The molecule has 4 aromatic rings. The van der Waals surface area contributed by atoms with Crippen molar-refractivity contribution in [2.75, 3.05) is 0 Å². The molecule has 0 spiro atoms. The van der Waals surface area contributed by atoms with Crippen molar-refractivity contribution in [1.29, 1.82) is 0 Å². The maximum atomic E-state index is 2.70. The SMILES string of the molecule is CCC[CH2][Nb]1([CH2]CCC)[CH]2C(C)=C(c3c(-c4ccccc4)cccc32)[Si](C)(C)C2=C(C)[CH]1c1cccc(-c3ccccc3)c12. The molecule has 2 heteroatoms. The van der Waals surface area contributed by atoms with Crippen LogP contribution >= 0.6 is 0 Å². The number of benzene rings is 4. The Morgan fingerprint density at radius 1 is 0.545 bits per heavy atom. The van der Waals surface area contributed by atoms with E-state index in [-0.39, 0.29) is 0 Å². The number of unbranched alkanes of at least 4 members (excludes halogenated alkanes) is 2. The molecule has 2 atom stereocenters. The van der Waals surface area contributed by atoms with Crippen molar-refractivity contribution in [2.45, 2.75) is 84.0 Å². The topological polar surface area (TPSA) is 0 Å². The first-order chi connectivity index (χ1) is 21.4. The van der Waals surface area contributed by atoms with Crippen molar-refractivity contribution in [3.8, 4) is 22.3 Å². The molecule has 0 amide bonds. The predicted octanol–water partition coefficient (Wildman–Crippen LogP) is 12.8. The first-order valence-corrected chi connectivity index (χ1v) is 25.7. The van der Waals surface area contributed by atoms with Crippen LogP contribution in [0.15, 0.2) is 108 Å². The van der Waals surface area contributed by atoms with E-state index >= 15 is 0 Å². The third-order valence-corrected chi connectivity index (χ3v) is 29.0. The van der Waals surface area contributed by atoms with Crippen LogP contribution < -0.4 is 0 Å². The molecule has 1 aliphatic heterocycles. The standard InChI is InChI=1S/C34H30Si.2C4H9.Nb/c1-23-21-27-17-11-19-29(25-13-7-5-8-14-25)31(27)33(23)35(3,4)34-24(2)22-28-18-12-20-30(32(28)34)26-15-9-6-10-16-26;2*1-3-4-2;/h5-22H,1-4H3;2*1,3-4H2,2H3;. The fraction of sp³-hybridized carbons (Fsp3) is 0.333. The summed E-state index contributed by atoms with van der Waals surface area (Å²) >= 11 is -2.97. The van der Waals surface area contributed by atoms with E-state index in [0.29, 0.717) is 8.27 Å². The van der Waals surface area contributed by atoms with Gasteiger partial charge in [-0.2, -0.15) is 0 Å². The quantitative estimate of drug-likeness (QED) is 0.163. The maximum absolute atomic E-state index is 2.97. The van der Waals surface area contributed by atoms with Crippen molar-refractivity contribution in [3.63, 3.8) is 0 Å². The van der Waals surface area contributed by atoms with Gasteiger partial charge in [0, 0.05) is 0 Å². The third kappa shape index (κ3) is 4.34. The summed E-state index contributed by atoms with van der Waals surface area (Å²) in [6.45, 7) is 15.5. The third-order valence-electron chi connectivity index (χ3n) is 11.2. The minimum absolute atomic E-state index is 0.653. The first kappa shape index (κ1) is 30.0. The van der Waals surface area contributed by atoms with Gasteiger partial charge in [-0.25, -0.2) is 0 Å². The molecule has 0 N–H and O–H groups in total. The van der Waals surface area contributed by atoms with Crippen molar-refractivity contribution >= 4 is 18.5 Å². The molecule has 1 heterocycles. The molecule has 0 aromatic heterocycles. The van der Waals surface area contributed by atoms with E-state index in [1.165, 1.54) is 57.2 Å². The van der Waals surface area contributed by atoms with Gasteiger partial charge in [-0.1, -0.05) is 0 Å². The summed E-state index contributed by atoms with van der Waals surface area (Å²) in [6.07, 6.45) is 5.33. The van der Waals surface area contributed by atoms with Crippen LogP contribution in [0, 0.1) is 0 Å². The average Bonchev–Trinajstić information content (AvgIpc) is 3.54. The van der Waals surface area contributed by atoms with Crippen LogP contribution in [0.25, 0.3) is 32.6 Å². The molecule has 0 radical (unpaired) electrons. The molecule has 4 aromatic carbocycles. The van der Waals surface area contributed by atoms with Crippen LogP contribution in [0.2, 0.25) is 22.4 Å². The molecule has 0 fully saturated rings. The van der Waals surface area contributed by atoms with Gasteiger partial charge < -0.3 is 0 Å². The number of hydrogen-bond acceptors (Lipinski definition) is 0. The summed E-state index contributed by atoms with van der Waals surface area (Å²) in [5.41, 5.74) is 15.9. The van der Waals surface area contributed by atoms with Crippen molar-refractivity contribution in [1.82, 2.24) is 0 Å². The van der Waals surface area contributed by atoms with Crippen LogP contribution in [-0.4, -0.2) is 8.07 Å². The van der Waals surface area contributed by atoms with E-state index in [0.717, 1.165) is 0 Å². The zero-order valence-corrected chi connectivity index (χ0v) is 30.8. The molecule has 4 bridgehead atoms. The Hall–Kier alpha value is -2.68. The Bertz CT molecular complexity index is 1640. The number of fused-ring (bicyclic) bond motifs is 8. The van der Waals surface area contributed by atoms with Gasteiger partial charge in [-0.3, -0.25) is 0 Å². The van der Waals surface area contributed by atoms with Gasteiger partial charge in [0.2, 0.25) is 0 Å². The second-order valence-corrected chi connectivity index (χ2v) is 28.5. The van der Waals surface area contributed by atoms with Crippen molar-refractivity contribution < 1.29 is 17.1 Å². The molecule has 0 nitrogen and oxygen atoms in total. The Morgan fingerprint density at radius 2 is 0.955 bits per heavy atom. The van der Waals surface area contributed by atoms with Gasteiger partial charge in [-0.15, -0.1) is 0 Å². The van der Waals surface area contributed by atoms with Crippen LogP contribution in [-0.2, 0) is 17.1 Å². The monoisotopic (exact) mass is 673 g/mol. The fourth-order valence-electron chi connectivity index (χ4n) is 9.75. The number of hydrogen-bond donors (Lipinski definition) is 0. The second kappa shape index (κ2) is 11.6. The molecule has 2 aliphatic carbocycles. The van der Waals surface area contributed by atoms with E-state index in [2.05, 4.69) is 138 Å². The number of allylic oxidation sites excluding steroid dienone is 2. The van der Waals surface area contributed by atoms with E-state index < -0.39 is 25.2 Å². The average molecular weight is 674 g/mol. The molecule has 0 saturated heterocycles. The van der Waals surface area contributed by atoms with Crippen molar-refractivity contribution in [3.05, 3.63) is 130 Å². The van der Waals surface area contributed by atoms with Crippen LogP contribution in [0.5, 0.6) is 0 Å². The Labute approximate surface area is 270 Å². The molecule has 225 valence electrons. The molecule has 44 heavy (non-hydrogen) atoms. The van der Waals surface area contributed by atoms with E-state index in [4.69, 9.17) is 0 Å². The Kier molecular flexibility index (Phi) is 7.90. The summed E-state index contributed by atoms with van der Waals surface area (Å²) in [5.74, 6) is 0.